The van der Waals surface area contributed by atoms with Crippen LogP contribution in [0.5, 0.6) is 0 Å². The highest BCUT2D eigenvalue weighted by Gasteiger charge is 2.39. The minimum absolute atomic E-state index is 0.263. The number of nitrogens with two attached hydrogens (primary N) is 1. The Kier molecular flexibility index (Phi) is 6.31. The molecule has 3 unspecified atom stereocenters. The van der Waals surface area contributed by atoms with Gasteiger partial charge < -0.3 is 10.5 Å². The summed E-state index contributed by atoms with van der Waals surface area (Å²) in [5.41, 5.74) is 6.51. The van der Waals surface area contributed by atoms with Crippen LogP contribution in [0.25, 0.3) is 0 Å². The van der Waals surface area contributed by atoms with Crippen molar-refractivity contribution in [2.75, 3.05) is 26.2 Å². The van der Waals surface area contributed by atoms with Crippen molar-refractivity contribution in [3.8, 4) is 0 Å². The zero-order valence-electron chi connectivity index (χ0n) is 13.6. The van der Waals surface area contributed by atoms with Gasteiger partial charge in [-0.1, -0.05) is 26.7 Å². The minimum Gasteiger partial charge on any atom is -0.377 e. The second kappa shape index (κ2) is 7.77. The minimum atomic E-state index is 0.263. The lowest BCUT2D eigenvalue weighted by Crippen LogP contribution is -2.58. The van der Waals surface area contributed by atoms with Gasteiger partial charge in [-0.2, -0.15) is 0 Å². The van der Waals surface area contributed by atoms with Crippen molar-refractivity contribution >= 4 is 0 Å². The monoisotopic (exact) mass is 282 g/mol. The first kappa shape index (κ1) is 16.3. The fourth-order valence-corrected chi connectivity index (χ4v) is 4.00. The summed E-state index contributed by atoms with van der Waals surface area (Å²) in [6.07, 6.45) is 10.7. The van der Waals surface area contributed by atoms with Crippen LogP contribution in [0.1, 0.15) is 65.2 Å². The largest absolute Gasteiger partial charge is 0.377 e. The zero-order valence-corrected chi connectivity index (χ0v) is 13.6. The lowest BCUT2D eigenvalue weighted by molar-refractivity contribution is -0.0408. The molecule has 2 fully saturated rings. The average Bonchev–Trinajstić information content (AvgIpc) is 2.68. The SMILES string of the molecule is CCCOC1CCCN(C2(CN)CCCC(C)CC2)C1. The molecule has 1 saturated heterocycles. The molecule has 0 aromatic heterocycles. The van der Waals surface area contributed by atoms with Crippen LogP contribution in [0.2, 0.25) is 0 Å². The second-order valence-electron chi connectivity index (χ2n) is 7.05. The molecule has 1 aliphatic heterocycles. The summed E-state index contributed by atoms with van der Waals surface area (Å²) in [6.45, 7) is 8.64. The van der Waals surface area contributed by atoms with E-state index in [4.69, 9.17) is 10.5 Å². The van der Waals surface area contributed by atoms with Gasteiger partial charge in [0.25, 0.3) is 0 Å². The molecule has 2 N–H and O–H groups in total. The number of likely N-dealkylation sites (tertiary alicyclic amines) is 1. The summed E-state index contributed by atoms with van der Waals surface area (Å²) in [4.78, 5) is 2.69. The Balaban J connectivity index is 1.98. The Bertz CT molecular complexity index is 284. The molecule has 3 nitrogen and oxygen atoms in total. The van der Waals surface area contributed by atoms with Gasteiger partial charge in [0.1, 0.15) is 0 Å². The molecule has 0 aromatic rings. The molecule has 3 atom stereocenters. The van der Waals surface area contributed by atoms with Crippen molar-refractivity contribution in [1.29, 1.82) is 0 Å². The van der Waals surface area contributed by atoms with E-state index in [-0.39, 0.29) is 5.54 Å². The van der Waals surface area contributed by atoms with E-state index in [1.807, 2.05) is 0 Å². The molecule has 1 aliphatic carbocycles. The topological polar surface area (TPSA) is 38.5 Å². The molecule has 0 bridgehead atoms. The molecule has 2 rings (SSSR count). The highest BCUT2D eigenvalue weighted by atomic mass is 16.5. The van der Waals surface area contributed by atoms with Crippen LogP contribution in [0.3, 0.4) is 0 Å². The summed E-state index contributed by atoms with van der Waals surface area (Å²) in [6, 6.07) is 0. The van der Waals surface area contributed by atoms with Gasteiger partial charge in [-0.15, -0.1) is 0 Å². The van der Waals surface area contributed by atoms with Crippen molar-refractivity contribution < 1.29 is 4.74 Å². The van der Waals surface area contributed by atoms with Crippen LogP contribution in [0.15, 0.2) is 0 Å². The highest BCUT2D eigenvalue weighted by molar-refractivity contribution is 4.96. The fourth-order valence-electron chi connectivity index (χ4n) is 4.00. The molecule has 0 radical (unpaired) electrons. The maximum Gasteiger partial charge on any atom is 0.0702 e. The van der Waals surface area contributed by atoms with E-state index in [1.54, 1.807) is 0 Å². The summed E-state index contributed by atoms with van der Waals surface area (Å²) < 4.78 is 6.01. The van der Waals surface area contributed by atoms with Crippen molar-refractivity contribution in [1.82, 2.24) is 4.90 Å². The third kappa shape index (κ3) is 3.96. The van der Waals surface area contributed by atoms with E-state index >= 15 is 0 Å². The van der Waals surface area contributed by atoms with Crippen LogP contribution < -0.4 is 5.73 Å². The molecule has 2 aliphatic rings. The lowest BCUT2D eigenvalue weighted by Gasteiger charge is -2.47. The summed E-state index contributed by atoms with van der Waals surface area (Å²) in [5, 5.41) is 0. The first-order chi connectivity index (χ1) is 9.70. The molecule has 0 aromatic carbocycles. The number of rotatable bonds is 5. The second-order valence-corrected chi connectivity index (χ2v) is 7.05. The Labute approximate surface area is 125 Å². The van der Waals surface area contributed by atoms with Gasteiger partial charge in [-0.25, -0.2) is 0 Å². The maximum atomic E-state index is 6.25. The van der Waals surface area contributed by atoms with Crippen molar-refractivity contribution in [3.63, 3.8) is 0 Å². The van der Waals surface area contributed by atoms with Crippen molar-refractivity contribution in [3.05, 3.63) is 0 Å². The van der Waals surface area contributed by atoms with Crippen molar-refractivity contribution in [2.24, 2.45) is 11.7 Å². The summed E-state index contributed by atoms with van der Waals surface area (Å²) >= 11 is 0. The first-order valence-electron chi connectivity index (χ1n) is 8.77. The van der Waals surface area contributed by atoms with Gasteiger partial charge in [-0.05, 0) is 51.0 Å². The van der Waals surface area contributed by atoms with E-state index < -0.39 is 0 Å². The molecule has 0 spiro atoms. The third-order valence-corrected chi connectivity index (χ3v) is 5.43. The molecule has 118 valence electrons. The predicted octanol–water partition coefficient (Wildman–Crippen LogP) is 3.18. The number of nitrogens with zero attached hydrogens (tertiary/aromatic N) is 1. The van der Waals surface area contributed by atoms with Gasteiger partial charge >= 0.3 is 0 Å². The predicted molar refractivity (Wildman–Crippen MR) is 84.9 cm³/mol. The number of piperidine rings is 1. The molecule has 1 heterocycles. The van der Waals surface area contributed by atoms with Crippen LogP contribution in [0, 0.1) is 5.92 Å². The molecular weight excluding hydrogens is 248 g/mol. The number of ether oxygens (including phenoxy) is 1. The Morgan fingerprint density at radius 3 is 2.80 bits per heavy atom. The Hall–Kier alpha value is -0.120. The van der Waals surface area contributed by atoms with E-state index in [0.717, 1.165) is 32.0 Å². The normalized spacial score (nSPS) is 36.8. The van der Waals surface area contributed by atoms with Crippen LogP contribution >= 0.6 is 0 Å². The summed E-state index contributed by atoms with van der Waals surface area (Å²) in [5.74, 6) is 0.875. The van der Waals surface area contributed by atoms with E-state index in [2.05, 4.69) is 18.7 Å². The molecule has 3 heteroatoms. The smallest absolute Gasteiger partial charge is 0.0702 e. The van der Waals surface area contributed by atoms with Crippen LogP contribution in [-0.4, -0.2) is 42.8 Å². The van der Waals surface area contributed by atoms with Crippen LogP contribution in [-0.2, 0) is 4.74 Å². The maximum absolute atomic E-state index is 6.25. The molecular formula is C17H34N2O. The standard InChI is InChI=1S/C17H34N2O/c1-3-12-20-16-7-5-11-19(13-16)17(14-18)9-4-6-15(2)8-10-17/h15-16H,3-14,18H2,1-2H3. The van der Waals surface area contributed by atoms with Gasteiger partial charge in [0.2, 0.25) is 0 Å². The van der Waals surface area contributed by atoms with Gasteiger partial charge in [0.05, 0.1) is 6.10 Å². The molecule has 1 saturated carbocycles. The van der Waals surface area contributed by atoms with E-state index in [1.165, 1.54) is 51.5 Å². The van der Waals surface area contributed by atoms with Gasteiger partial charge in [0.15, 0.2) is 0 Å². The lowest BCUT2D eigenvalue weighted by atomic mass is 9.85. The zero-order chi connectivity index (χ0) is 14.4. The van der Waals surface area contributed by atoms with E-state index in [9.17, 15) is 0 Å². The Morgan fingerprint density at radius 1 is 1.20 bits per heavy atom. The summed E-state index contributed by atoms with van der Waals surface area (Å²) in [7, 11) is 0. The van der Waals surface area contributed by atoms with Gasteiger partial charge in [-0.3, -0.25) is 4.90 Å². The van der Waals surface area contributed by atoms with Crippen molar-refractivity contribution in [2.45, 2.75) is 76.9 Å². The molecule has 20 heavy (non-hydrogen) atoms. The Morgan fingerprint density at radius 2 is 2.05 bits per heavy atom. The van der Waals surface area contributed by atoms with Gasteiger partial charge in [0, 0.05) is 25.2 Å². The average molecular weight is 282 g/mol. The highest BCUT2D eigenvalue weighted by Crippen LogP contribution is 2.36. The third-order valence-electron chi connectivity index (χ3n) is 5.43. The number of hydrogen-bond donors (Lipinski definition) is 1. The molecule has 0 amide bonds. The van der Waals surface area contributed by atoms with E-state index in [0.29, 0.717) is 6.10 Å². The first-order valence-corrected chi connectivity index (χ1v) is 8.77. The number of hydrogen-bond acceptors (Lipinski definition) is 3. The fraction of sp³-hybridized carbons (Fsp3) is 1.00. The van der Waals surface area contributed by atoms with Crippen LogP contribution in [0.4, 0.5) is 0 Å². The quantitative estimate of drug-likeness (QED) is 0.787.